The van der Waals surface area contributed by atoms with Crippen LogP contribution in [0.25, 0.3) is 0 Å². The molecular weight excluding hydrogens is 226 g/mol. The fourth-order valence-electron chi connectivity index (χ4n) is 2.19. The van der Waals surface area contributed by atoms with Gasteiger partial charge in [-0.3, -0.25) is 14.4 Å². The monoisotopic (exact) mass is 243 g/mol. The maximum absolute atomic E-state index is 12.1. The topological polar surface area (TPSA) is 81.7 Å². The number of methoxy groups -OCH3 is 2. The van der Waals surface area contributed by atoms with E-state index in [2.05, 4.69) is 14.8 Å². The molecule has 0 radical (unpaired) electrons. The first-order valence-electron chi connectivity index (χ1n) is 5.39. The SMILES string of the molecule is COC(=O)[C@@H]1C(=O)[C@H](C(=O)OC)[C@H](C)N[C@H]1C. The summed E-state index contributed by atoms with van der Waals surface area (Å²) in [4.78, 5) is 35.1. The highest BCUT2D eigenvalue weighted by Gasteiger charge is 2.48. The molecule has 1 heterocycles. The molecule has 1 fully saturated rings. The Bertz CT molecular complexity index is 311. The number of ether oxygens (including phenoxy) is 2. The zero-order valence-electron chi connectivity index (χ0n) is 10.4. The van der Waals surface area contributed by atoms with Gasteiger partial charge >= 0.3 is 11.9 Å². The summed E-state index contributed by atoms with van der Waals surface area (Å²) < 4.78 is 9.15. The lowest BCUT2D eigenvalue weighted by Crippen LogP contribution is -2.59. The third kappa shape index (κ3) is 2.46. The Hall–Kier alpha value is -1.43. The van der Waals surface area contributed by atoms with E-state index in [9.17, 15) is 14.4 Å². The Morgan fingerprint density at radius 2 is 1.35 bits per heavy atom. The maximum Gasteiger partial charge on any atom is 0.317 e. The van der Waals surface area contributed by atoms with E-state index in [0.717, 1.165) is 0 Å². The second-order valence-corrected chi connectivity index (χ2v) is 4.15. The normalized spacial score (nSPS) is 33.1. The number of hydrogen-bond acceptors (Lipinski definition) is 6. The number of rotatable bonds is 2. The van der Waals surface area contributed by atoms with Crippen LogP contribution < -0.4 is 5.32 Å². The zero-order chi connectivity index (χ0) is 13.2. The minimum atomic E-state index is -0.958. The van der Waals surface area contributed by atoms with Gasteiger partial charge in [-0.25, -0.2) is 0 Å². The summed E-state index contributed by atoms with van der Waals surface area (Å²) >= 11 is 0. The Morgan fingerprint density at radius 1 is 1.00 bits per heavy atom. The minimum Gasteiger partial charge on any atom is -0.468 e. The lowest BCUT2D eigenvalue weighted by molar-refractivity contribution is -0.159. The highest BCUT2D eigenvalue weighted by Crippen LogP contribution is 2.24. The van der Waals surface area contributed by atoms with Gasteiger partial charge in [0.05, 0.1) is 14.2 Å². The molecule has 0 aromatic rings. The molecule has 0 aliphatic carbocycles. The lowest BCUT2D eigenvalue weighted by atomic mass is 9.79. The van der Waals surface area contributed by atoms with Crippen LogP contribution in [0.15, 0.2) is 0 Å². The number of esters is 2. The quantitative estimate of drug-likeness (QED) is 0.521. The molecular formula is C11H17NO5. The largest absolute Gasteiger partial charge is 0.468 e. The molecule has 1 N–H and O–H groups in total. The third-order valence-electron chi connectivity index (χ3n) is 3.05. The van der Waals surface area contributed by atoms with Gasteiger partial charge in [0.25, 0.3) is 0 Å². The molecule has 1 aliphatic heterocycles. The minimum absolute atomic E-state index is 0.356. The van der Waals surface area contributed by atoms with Crippen molar-refractivity contribution in [3.8, 4) is 0 Å². The molecule has 4 atom stereocenters. The number of nitrogens with one attached hydrogen (secondary N) is 1. The number of carbonyl (C=O) groups excluding carboxylic acids is 3. The molecule has 0 aromatic carbocycles. The van der Waals surface area contributed by atoms with Gasteiger partial charge < -0.3 is 14.8 Å². The summed E-state index contributed by atoms with van der Waals surface area (Å²) in [5.74, 6) is -3.62. The Balaban J connectivity index is 2.99. The van der Waals surface area contributed by atoms with Gasteiger partial charge in [-0.1, -0.05) is 0 Å². The Morgan fingerprint density at radius 3 is 1.65 bits per heavy atom. The molecule has 6 heteroatoms. The van der Waals surface area contributed by atoms with E-state index in [-0.39, 0.29) is 12.1 Å². The van der Waals surface area contributed by atoms with Crippen molar-refractivity contribution in [1.29, 1.82) is 0 Å². The predicted octanol–water partition coefficient (Wildman–Crippen LogP) is -0.486. The van der Waals surface area contributed by atoms with Gasteiger partial charge in [-0.05, 0) is 13.8 Å². The molecule has 1 rings (SSSR count). The van der Waals surface area contributed by atoms with Crippen LogP contribution in [0.1, 0.15) is 13.8 Å². The van der Waals surface area contributed by atoms with Gasteiger partial charge in [0.2, 0.25) is 0 Å². The van der Waals surface area contributed by atoms with Crippen LogP contribution in [0.3, 0.4) is 0 Å². The fraction of sp³-hybridized carbons (Fsp3) is 0.727. The molecule has 0 amide bonds. The van der Waals surface area contributed by atoms with Crippen molar-refractivity contribution in [1.82, 2.24) is 5.32 Å². The van der Waals surface area contributed by atoms with E-state index < -0.39 is 29.6 Å². The van der Waals surface area contributed by atoms with Crippen LogP contribution in [-0.4, -0.2) is 44.0 Å². The van der Waals surface area contributed by atoms with Crippen molar-refractivity contribution < 1.29 is 23.9 Å². The molecule has 0 spiro atoms. The van der Waals surface area contributed by atoms with Gasteiger partial charge in [0.1, 0.15) is 11.8 Å². The smallest absolute Gasteiger partial charge is 0.317 e. The van der Waals surface area contributed by atoms with E-state index in [0.29, 0.717) is 0 Å². The molecule has 1 aliphatic rings. The van der Waals surface area contributed by atoms with Gasteiger partial charge in [-0.15, -0.1) is 0 Å². The molecule has 0 unspecified atom stereocenters. The van der Waals surface area contributed by atoms with Crippen LogP contribution in [0.4, 0.5) is 0 Å². The van der Waals surface area contributed by atoms with Crippen molar-refractivity contribution in [2.24, 2.45) is 11.8 Å². The van der Waals surface area contributed by atoms with Gasteiger partial charge in [-0.2, -0.15) is 0 Å². The highest BCUT2D eigenvalue weighted by molar-refractivity contribution is 6.10. The second kappa shape index (κ2) is 5.27. The van der Waals surface area contributed by atoms with Crippen LogP contribution in [-0.2, 0) is 23.9 Å². The van der Waals surface area contributed by atoms with Crippen LogP contribution in [0.2, 0.25) is 0 Å². The van der Waals surface area contributed by atoms with E-state index in [1.807, 2.05) is 0 Å². The first kappa shape index (κ1) is 13.6. The molecule has 0 saturated carbocycles. The van der Waals surface area contributed by atoms with Crippen molar-refractivity contribution in [2.45, 2.75) is 25.9 Å². The maximum atomic E-state index is 12.1. The first-order chi connectivity index (χ1) is 7.93. The number of hydrogen-bond donors (Lipinski definition) is 1. The third-order valence-corrected chi connectivity index (χ3v) is 3.05. The second-order valence-electron chi connectivity index (χ2n) is 4.15. The predicted molar refractivity (Wildman–Crippen MR) is 58.1 cm³/mol. The van der Waals surface area contributed by atoms with E-state index in [4.69, 9.17) is 0 Å². The van der Waals surface area contributed by atoms with E-state index >= 15 is 0 Å². The summed E-state index contributed by atoms with van der Waals surface area (Å²) in [6, 6.07) is -0.711. The van der Waals surface area contributed by atoms with Crippen LogP contribution in [0.5, 0.6) is 0 Å². The summed E-state index contributed by atoms with van der Waals surface area (Å²) in [6.07, 6.45) is 0. The van der Waals surface area contributed by atoms with Crippen molar-refractivity contribution in [3.63, 3.8) is 0 Å². The summed E-state index contributed by atoms with van der Waals surface area (Å²) in [6.45, 7) is 3.42. The van der Waals surface area contributed by atoms with E-state index in [1.165, 1.54) is 14.2 Å². The Kier molecular flexibility index (Phi) is 4.22. The van der Waals surface area contributed by atoms with Crippen LogP contribution in [0, 0.1) is 11.8 Å². The summed E-state index contributed by atoms with van der Waals surface area (Å²) in [7, 11) is 2.43. The highest BCUT2D eigenvalue weighted by atomic mass is 16.5. The molecule has 6 nitrogen and oxygen atoms in total. The van der Waals surface area contributed by atoms with Crippen molar-refractivity contribution >= 4 is 17.7 Å². The van der Waals surface area contributed by atoms with Gasteiger partial charge in [0.15, 0.2) is 5.78 Å². The molecule has 1 saturated heterocycles. The zero-order valence-corrected chi connectivity index (χ0v) is 10.4. The van der Waals surface area contributed by atoms with E-state index in [1.54, 1.807) is 13.8 Å². The Labute approximate surface area is 99.6 Å². The number of carbonyl (C=O) groups is 3. The average molecular weight is 243 g/mol. The number of ketones is 1. The average Bonchev–Trinajstić information content (AvgIpc) is 2.27. The number of Topliss-reactive ketones (excluding diaryl/α,β-unsaturated/α-hetero) is 1. The van der Waals surface area contributed by atoms with Crippen molar-refractivity contribution in [3.05, 3.63) is 0 Å². The fourth-order valence-corrected chi connectivity index (χ4v) is 2.19. The van der Waals surface area contributed by atoms with Crippen LogP contribution >= 0.6 is 0 Å². The van der Waals surface area contributed by atoms with Gasteiger partial charge in [0, 0.05) is 12.1 Å². The summed E-state index contributed by atoms with van der Waals surface area (Å²) in [5, 5.41) is 3.02. The van der Waals surface area contributed by atoms with Crippen molar-refractivity contribution in [2.75, 3.05) is 14.2 Å². The standard InChI is InChI=1S/C11H17NO5/c1-5-7(10(14)16-3)9(13)8(6(2)12-5)11(15)17-4/h5-8,12H,1-4H3/t5-,6-,7-,8+/m0/s1. The lowest BCUT2D eigenvalue weighted by Gasteiger charge is -2.35. The molecule has 0 aromatic heterocycles. The first-order valence-corrected chi connectivity index (χ1v) is 5.39. The molecule has 0 bridgehead atoms. The molecule has 17 heavy (non-hydrogen) atoms. The molecule has 96 valence electrons. The number of piperidine rings is 1. The summed E-state index contributed by atoms with van der Waals surface area (Å²) in [5.41, 5.74) is 0.